The Balaban J connectivity index is 1.74. The number of allylic oxidation sites excluding steroid dienone is 1. The van der Waals surface area contributed by atoms with E-state index in [9.17, 15) is 9.59 Å². The zero-order valence-corrected chi connectivity index (χ0v) is 14.1. The second kappa shape index (κ2) is 7.21. The number of rotatable bonds is 5. The first-order chi connectivity index (χ1) is 12.1. The minimum absolute atomic E-state index is 0.174. The highest BCUT2D eigenvalue weighted by molar-refractivity contribution is 6.14. The average Bonchev–Trinajstić information content (AvgIpc) is 2.91. The van der Waals surface area contributed by atoms with Crippen LogP contribution in [0.4, 0.5) is 0 Å². The third-order valence-electron chi connectivity index (χ3n) is 3.68. The number of hydrogen-bond donors (Lipinski definition) is 0. The lowest BCUT2D eigenvalue weighted by Crippen LogP contribution is -2.14. The van der Waals surface area contributed by atoms with E-state index >= 15 is 0 Å². The van der Waals surface area contributed by atoms with E-state index in [0.29, 0.717) is 23.7 Å². The maximum Gasteiger partial charge on any atom is 0.344 e. The Hall–Kier alpha value is -3.08. The van der Waals surface area contributed by atoms with Crippen molar-refractivity contribution in [3.63, 3.8) is 0 Å². The van der Waals surface area contributed by atoms with Crippen LogP contribution in [0.2, 0.25) is 0 Å². The molecule has 0 aromatic heterocycles. The third-order valence-corrected chi connectivity index (χ3v) is 3.68. The van der Waals surface area contributed by atoms with E-state index in [1.54, 1.807) is 31.2 Å². The summed E-state index contributed by atoms with van der Waals surface area (Å²) in [6.07, 6.45) is 1.71. The number of Topliss-reactive ketones (excluding diaryl/α,β-unsaturated/α-hetero) is 1. The van der Waals surface area contributed by atoms with Gasteiger partial charge in [0.25, 0.3) is 0 Å². The molecule has 0 spiro atoms. The molecular formula is C20H18O5. The monoisotopic (exact) mass is 338 g/mol. The molecule has 25 heavy (non-hydrogen) atoms. The van der Waals surface area contributed by atoms with Crippen LogP contribution >= 0.6 is 0 Å². The Morgan fingerprint density at radius 3 is 2.64 bits per heavy atom. The molecular weight excluding hydrogens is 320 g/mol. The van der Waals surface area contributed by atoms with E-state index in [1.165, 1.54) is 0 Å². The number of fused-ring (bicyclic) bond motifs is 1. The molecule has 0 aliphatic carbocycles. The summed E-state index contributed by atoms with van der Waals surface area (Å²) in [6.45, 7) is 3.85. The Morgan fingerprint density at radius 1 is 1.16 bits per heavy atom. The molecule has 0 saturated heterocycles. The molecule has 1 heterocycles. The van der Waals surface area contributed by atoms with Gasteiger partial charge in [0.15, 0.2) is 12.4 Å². The molecule has 0 amide bonds. The summed E-state index contributed by atoms with van der Waals surface area (Å²) in [6, 6.07) is 12.7. The van der Waals surface area contributed by atoms with E-state index < -0.39 is 5.97 Å². The van der Waals surface area contributed by atoms with Gasteiger partial charge in [-0.15, -0.1) is 0 Å². The van der Waals surface area contributed by atoms with Gasteiger partial charge in [0.2, 0.25) is 5.78 Å². The zero-order chi connectivity index (χ0) is 17.8. The van der Waals surface area contributed by atoms with Gasteiger partial charge in [0, 0.05) is 6.07 Å². The fourth-order valence-corrected chi connectivity index (χ4v) is 2.42. The van der Waals surface area contributed by atoms with Crippen LogP contribution in [-0.2, 0) is 9.53 Å². The molecule has 5 nitrogen and oxygen atoms in total. The highest BCUT2D eigenvalue weighted by Crippen LogP contribution is 2.34. The second-order valence-corrected chi connectivity index (χ2v) is 5.60. The summed E-state index contributed by atoms with van der Waals surface area (Å²) < 4.78 is 15.8. The van der Waals surface area contributed by atoms with Gasteiger partial charge in [-0.1, -0.05) is 29.8 Å². The lowest BCUT2D eigenvalue weighted by atomic mass is 10.1. The van der Waals surface area contributed by atoms with Crippen molar-refractivity contribution < 1.29 is 23.8 Å². The fourth-order valence-electron chi connectivity index (χ4n) is 2.42. The lowest BCUT2D eigenvalue weighted by molar-refractivity contribution is -0.145. The van der Waals surface area contributed by atoms with Crippen molar-refractivity contribution in [3.05, 3.63) is 64.9 Å². The first kappa shape index (κ1) is 16.8. The summed E-state index contributed by atoms with van der Waals surface area (Å²) in [7, 11) is 0. The number of carbonyl (C=O) groups is 2. The van der Waals surface area contributed by atoms with Crippen molar-refractivity contribution in [1.29, 1.82) is 0 Å². The van der Waals surface area contributed by atoms with Gasteiger partial charge in [-0.25, -0.2) is 4.79 Å². The molecule has 1 aliphatic heterocycles. The highest BCUT2D eigenvalue weighted by atomic mass is 16.6. The van der Waals surface area contributed by atoms with Crippen molar-refractivity contribution in [2.24, 2.45) is 0 Å². The van der Waals surface area contributed by atoms with E-state index in [-0.39, 0.29) is 18.1 Å². The Bertz CT molecular complexity index is 834. The van der Waals surface area contributed by atoms with Crippen LogP contribution in [0.25, 0.3) is 6.08 Å². The Labute approximate surface area is 145 Å². The van der Waals surface area contributed by atoms with Crippen molar-refractivity contribution in [2.75, 3.05) is 13.2 Å². The smallest absolute Gasteiger partial charge is 0.344 e. The molecule has 2 aromatic rings. The number of carbonyl (C=O) groups excluding carboxylic acids is 2. The molecule has 0 fully saturated rings. The SMILES string of the molecule is CCOC(=O)COc1ccc2c(c1)OC(=Cc1ccc(C)cc1)C2=O. The molecule has 0 N–H and O–H groups in total. The van der Waals surface area contributed by atoms with Gasteiger partial charge >= 0.3 is 5.97 Å². The molecule has 0 bridgehead atoms. The van der Waals surface area contributed by atoms with E-state index in [0.717, 1.165) is 11.1 Å². The van der Waals surface area contributed by atoms with Crippen LogP contribution in [0.15, 0.2) is 48.2 Å². The average molecular weight is 338 g/mol. The lowest BCUT2D eigenvalue weighted by Gasteiger charge is -2.06. The molecule has 1 aliphatic rings. The summed E-state index contributed by atoms with van der Waals surface area (Å²) in [4.78, 5) is 23.8. The Morgan fingerprint density at radius 2 is 1.92 bits per heavy atom. The van der Waals surface area contributed by atoms with Crippen LogP contribution in [-0.4, -0.2) is 25.0 Å². The first-order valence-electron chi connectivity index (χ1n) is 8.00. The molecule has 3 rings (SSSR count). The minimum Gasteiger partial charge on any atom is -0.482 e. The van der Waals surface area contributed by atoms with E-state index in [4.69, 9.17) is 14.2 Å². The van der Waals surface area contributed by atoms with E-state index in [2.05, 4.69) is 0 Å². The zero-order valence-electron chi connectivity index (χ0n) is 14.1. The quantitative estimate of drug-likeness (QED) is 0.616. The number of ether oxygens (including phenoxy) is 3. The number of esters is 1. The predicted octanol–water partition coefficient (Wildman–Crippen LogP) is 3.55. The van der Waals surface area contributed by atoms with Gasteiger partial charge in [-0.3, -0.25) is 4.79 Å². The van der Waals surface area contributed by atoms with Crippen molar-refractivity contribution >= 4 is 17.8 Å². The maximum atomic E-state index is 12.4. The number of ketones is 1. The first-order valence-corrected chi connectivity index (χ1v) is 8.00. The predicted molar refractivity (Wildman–Crippen MR) is 92.7 cm³/mol. The minimum atomic E-state index is -0.444. The van der Waals surface area contributed by atoms with Crippen molar-refractivity contribution in [2.45, 2.75) is 13.8 Å². The van der Waals surface area contributed by atoms with Gasteiger partial charge in [0.05, 0.1) is 12.2 Å². The molecule has 0 radical (unpaired) electrons. The fraction of sp³-hybridized carbons (Fsp3) is 0.200. The summed E-state index contributed by atoms with van der Waals surface area (Å²) in [5.41, 5.74) is 2.51. The number of aryl methyl sites for hydroxylation is 1. The van der Waals surface area contributed by atoms with Gasteiger partial charge < -0.3 is 14.2 Å². The maximum absolute atomic E-state index is 12.4. The van der Waals surface area contributed by atoms with Gasteiger partial charge in [-0.2, -0.15) is 0 Å². The molecule has 0 atom stereocenters. The normalized spacial score (nSPS) is 14.2. The summed E-state index contributed by atoms with van der Waals surface area (Å²) in [5, 5.41) is 0. The third kappa shape index (κ3) is 3.88. The molecule has 0 unspecified atom stereocenters. The van der Waals surface area contributed by atoms with Crippen molar-refractivity contribution in [1.82, 2.24) is 0 Å². The summed E-state index contributed by atoms with van der Waals surface area (Å²) >= 11 is 0. The second-order valence-electron chi connectivity index (χ2n) is 5.60. The standard InChI is InChI=1S/C20H18O5/c1-3-23-19(21)12-24-15-8-9-16-17(11-15)25-18(20(16)22)10-14-6-4-13(2)5-7-14/h4-11H,3,12H2,1-2H3. The van der Waals surface area contributed by atoms with Crippen LogP contribution in [0.1, 0.15) is 28.4 Å². The molecule has 5 heteroatoms. The van der Waals surface area contributed by atoms with Crippen molar-refractivity contribution in [3.8, 4) is 11.5 Å². The summed E-state index contributed by atoms with van der Waals surface area (Å²) in [5.74, 6) is 0.509. The molecule has 2 aromatic carbocycles. The molecule has 128 valence electrons. The van der Waals surface area contributed by atoms with Crippen LogP contribution in [0.5, 0.6) is 11.5 Å². The largest absolute Gasteiger partial charge is 0.482 e. The van der Waals surface area contributed by atoms with Gasteiger partial charge in [-0.05, 0) is 37.6 Å². The Kier molecular flexibility index (Phi) is 4.84. The molecule has 0 saturated carbocycles. The van der Waals surface area contributed by atoms with Crippen LogP contribution < -0.4 is 9.47 Å². The van der Waals surface area contributed by atoms with Crippen LogP contribution in [0, 0.1) is 6.92 Å². The topological polar surface area (TPSA) is 61.8 Å². The number of benzene rings is 2. The van der Waals surface area contributed by atoms with Gasteiger partial charge in [0.1, 0.15) is 11.5 Å². The van der Waals surface area contributed by atoms with E-state index in [1.807, 2.05) is 31.2 Å². The number of hydrogen-bond acceptors (Lipinski definition) is 5. The highest BCUT2D eigenvalue weighted by Gasteiger charge is 2.27. The van der Waals surface area contributed by atoms with Crippen LogP contribution in [0.3, 0.4) is 0 Å².